The first-order valence-electron chi connectivity index (χ1n) is 12.2. The van der Waals surface area contributed by atoms with Gasteiger partial charge in [0.25, 0.3) is 0 Å². The lowest BCUT2D eigenvalue weighted by Crippen LogP contribution is -2.45. The van der Waals surface area contributed by atoms with Crippen molar-refractivity contribution >= 4 is 11.7 Å². The zero-order valence-electron chi connectivity index (χ0n) is 21.1. The Labute approximate surface area is 196 Å². The second-order valence-corrected chi connectivity index (χ2v) is 9.31. The monoisotopic (exact) mass is 440 g/mol. The number of nitrogens with one attached hydrogen (secondary N) is 1. The molecule has 1 aliphatic rings. The van der Waals surface area contributed by atoms with Gasteiger partial charge in [0.1, 0.15) is 0 Å². The van der Waals surface area contributed by atoms with Crippen LogP contribution in [0.15, 0.2) is 48.2 Å². The standard InChI is InChI=1S/C27H44N4O/c1-7-9-17-30(22(3)4)26-15-11-10-13-24(26)19-23(5)20-28-27(32)31-18-12-14-25(31)21-29(6)16-8-2/h7,9-11,13,15,20,22,25H,8,12,14,16-19,21H2,1-6H3,(H,28,32)/b9-7-,23-20+/t25-/m0/s1. The molecule has 2 rings (SSSR count). The Morgan fingerprint density at radius 2 is 2.06 bits per heavy atom. The third kappa shape index (κ3) is 7.70. The molecule has 1 atom stereocenters. The van der Waals surface area contributed by atoms with Gasteiger partial charge in [-0.2, -0.15) is 0 Å². The van der Waals surface area contributed by atoms with Crippen LogP contribution in [0.5, 0.6) is 0 Å². The Morgan fingerprint density at radius 1 is 1.31 bits per heavy atom. The summed E-state index contributed by atoms with van der Waals surface area (Å²) in [4.78, 5) is 19.6. The summed E-state index contributed by atoms with van der Waals surface area (Å²) >= 11 is 0. The number of para-hydroxylation sites is 1. The molecule has 0 bridgehead atoms. The van der Waals surface area contributed by atoms with Gasteiger partial charge in [-0.1, -0.05) is 42.8 Å². The van der Waals surface area contributed by atoms with Crippen LogP contribution in [0.25, 0.3) is 0 Å². The fourth-order valence-electron chi connectivity index (χ4n) is 4.49. The molecule has 0 spiro atoms. The molecule has 0 saturated carbocycles. The van der Waals surface area contributed by atoms with E-state index < -0.39 is 0 Å². The minimum atomic E-state index is 0.0296. The summed E-state index contributed by atoms with van der Waals surface area (Å²) < 4.78 is 0. The number of benzene rings is 1. The Bertz CT molecular complexity index is 771. The van der Waals surface area contributed by atoms with Gasteiger partial charge in [-0.05, 0) is 78.6 Å². The molecular formula is C27H44N4O. The molecule has 1 aromatic rings. The van der Waals surface area contributed by atoms with Gasteiger partial charge >= 0.3 is 6.03 Å². The fourth-order valence-corrected chi connectivity index (χ4v) is 4.49. The number of allylic oxidation sites excluding steroid dienone is 2. The van der Waals surface area contributed by atoms with E-state index in [0.717, 1.165) is 57.4 Å². The van der Waals surface area contributed by atoms with Crippen molar-refractivity contribution in [2.24, 2.45) is 0 Å². The number of carbonyl (C=O) groups excluding carboxylic acids is 1. The molecule has 5 nitrogen and oxygen atoms in total. The van der Waals surface area contributed by atoms with Crippen molar-refractivity contribution in [3.8, 4) is 0 Å². The van der Waals surface area contributed by atoms with Crippen molar-refractivity contribution in [3.05, 3.63) is 53.8 Å². The molecule has 32 heavy (non-hydrogen) atoms. The van der Waals surface area contributed by atoms with E-state index in [4.69, 9.17) is 0 Å². The smallest absolute Gasteiger partial charge is 0.321 e. The van der Waals surface area contributed by atoms with Crippen LogP contribution < -0.4 is 10.2 Å². The summed E-state index contributed by atoms with van der Waals surface area (Å²) in [5.41, 5.74) is 3.70. The number of anilines is 1. The average Bonchev–Trinajstić information content (AvgIpc) is 3.21. The largest absolute Gasteiger partial charge is 0.365 e. The molecular weight excluding hydrogens is 396 g/mol. The van der Waals surface area contributed by atoms with E-state index in [-0.39, 0.29) is 6.03 Å². The van der Waals surface area contributed by atoms with Crippen LogP contribution in [0.4, 0.5) is 10.5 Å². The average molecular weight is 441 g/mol. The Kier molecular flexibility index (Phi) is 10.8. The van der Waals surface area contributed by atoms with E-state index in [1.165, 1.54) is 11.3 Å². The maximum Gasteiger partial charge on any atom is 0.321 e. The highest BCUT2D eigenvalue weighted by Gasteiger charge is 2.29. The summed E-state index contributed by atoms with van der Waals surface area (Å²) in [7, 11) is 2.15. The van der Waals surface area contributed by atoms with Crippen LogP contribution in [0.2, 0.25) is 0 Å². The molecule has 1 fully saturated rings. The van der Waals surface area contributed by atoms with Crippen LogP contribution in [0.3, 0.4) is 0 Å². The zero-order valence-corrected chi connectivity index (χ0v) is 21.1. The number of hydrogen-bond acceptors (Lipinski definition) is 3. The molecule has 0 unspecified atom stereocenters. The molecule has 178 valence electrons. The lowest BCUT2D eigenvalue weighted by Gasteiger charge is -2.30. The fraction of sp³-hybridized carbons (Fsp3) is 0.593. The van der Waals surface area contributed by atoms with Crippen molar-refractivity contribution in [1.29, 1.82) is 0 Å². The number of hydrogen-bond donors (Lipinski definition) is 1. The quantitative estimate of drug-likeness (QED) is 0.466. The summed E-state index contributed by atoms with van der Waals surface area (Å²) in [5, 5.41) is 3.07. The number of likely N-dealkylation sites (N-methyl/N-ethyl adjacent to an activating group) is 1. The lowest BCUT2D eigenvalue weighted by atomic mass is 10.0. The minimum Gasteiger partial charge on any atom is -0.365 e. The number of carbonyl (C=O) groups is 1. The normalized spacial score (nSPS) is 17.1. The van der Waals surface area contributed by atoms with E-state index >= 15 is 0 Å². The molecule has 5 heteroatoms. The summed E-state index contributed by atoms with van der Waals surface area (Å²) in [5.74, 6) is 0. The molecule has 1 heterocycles. The number of amides is 2. The molecule has 1 N–H and O–H groups in total. The molecule has 1 aliphatic heterocycles. The van der Waals surface area contributed by atoms with E-state index in [0.29, 0.717) is 12.1 Å². The maximum atomic E-state index is 12.9. The molecule has 0 aliphatic carbocycles. The van der Waals surface area contributed by atoms with Gasteiger partial charge in [-0.3, -0.25) is 0 Å². The Morgan fingerprint density at radius 3 is 2.75 bits per heavy atom. The zero-order chi connectivity index (χ0) is 23.5. The second-order valence-electron chi connectivity index (χ2n) is 9.31. The predicted octanol–water partition coefficient (Wildman–Crippen LogP) is 5.44. The van der Waals surface area contributed by atoms with Crippen molar-refractivity contribution in [3.63, 3.8) is 0 Å². The van der Waals surface area contributed by atoms with Crippen LogP contribution in [0.1, 0.15) is 59.4 Å². The molecule has 2 amide bonds. The molecule has 0 aromatic heterocycles. The van der Waals surface area contributed by atoms with Gasteiger partial charge in [0, 0.05) is 43.6 Å². The van der Waals surface area contributed by atoms with Gasteiger partial charge in [0.05, 0.1) is 0 Å². The SMILES string of the molecule is C/C=C\CN(c1ccccc1C/C(C)=C/NC(=O)N1CCC[C@H]1CN(C)CCC)C(C)C. The van der Waals surface area contributed by atoms with E-state index in [1.54, 1.807) is 0 Å². The van der Waals surface area contributed by atoms with E-state index in [1.807, 2.05) is 11.1 Å². The minimum absolute atomic E-state index is 0.0296. The van der Waals surface area contributed by atoms with Crippen molar-refractivity contribution in [2.45, 2.75) is 72.4 Å². The predicted molar refractivity (Wildman–Crippen MR) is 137 cm³/mol. The highest BCUT2D eigenvalue weighted by molar-refractivity contribution is 5.76. The van der Waals surface area contributed by atoms with Crippen molar-refractivity contribution in [2.75, 3.05) is 38.1 Å². The summed E-state index contributed by atoms with van der Waals surface area (Å²) in [6.07, 6.45) is 10.3. The second kappa shape index (κ2) is 13.3. The first kappa shape index (κ1) is 26.0. The van der Waals surface area contributed by atoms with E-state index in [2.05, 4.69) is 93.2 Å². The first-order chi connectivity index (χ1) is 15.4. The third-order valence-corrected chi connectivity index (χ3v) is 6.14. The molecule has 1 saturated heterocycles. The lowest BCUT2D eigenvalue weighted by molar-refractivity contribution is 0.178. The number of urea groups is 1. The highest BCUT2D eigenvalue weighted by atomic mass is 16.2. The highest BCUT2D eigenvalue weighted by Crippen LogP contribution is 2.25. The van der Waals surface area contributed by atoms with Crippen molar-refractivity contribution < 1.29 is 4.79 Å². The van der Waals surface area contributed by atoms with Gasteiger partial charge in [-0.25, -0.2) is 4.79 Å². The van der Waals surface area contributed by atoms with E-state index in [9.17, 15) is 4.79 Å². The number of likely N-dealkylation sites (tertiary alicyclic amines) is 1. The van der Waals surface area contributed by atoms with Gasteiger partial charge in [0.15, 0.2) is 0 Å². The first-order valence-corrected chi connectivity index (χ1v) is 12.2. The Hall–Kier alpha value is -2.27. The van der Waals surface area contributed by atoms with Crippen LogP contribution in [0, 0.1) is 0 Å². The summed E-state index contributed by atoms with van der Waals surface area (Å²) in [6.45, 7) is 14.6. The topological polar surface area (TPSA) is 38.8 Å². The van der Waals surface area contributed by atoms with Crippen LogP contribution in [-0.4, -0.2) is 61.1 Å². The molecule has 0 radical (unpaired) electrons. The molecule has 1 aromatic carbocycles. The van der Waals surface area contributed by atoms with Gasteiger partial charge in [0.2, 0.25) is 0 Å². The maximum absolute atomic E-state index is 12.9. The summed E-state index contributed by atoms with van der Waals surface area (Å²) in [6, 6.07) is 9.35. The number of rotatable bonds is 11. The van der Waals surface area contributed by atoms with Crippen molar-refractivity contribution in [1.82, 2.24) is 15.1 Å². The van der Waals surface area contributed by atoms with Crippen LogP contribution in [-0.2, 0) is 6.42 Å². The Balaban J connectivity index is 2.03. The number of nitrogens with zero attached hydrogens (tertiary/aromatic N) is 3. The third-order valence-electron chi connectivity index (χ3n) is 6.14. The van der Waals surface area contributed by atoms with Crippen LogP contribution >= 0.6 is 0 Å². The van der Waals surface area contributed by atoms with Gasteiger partial charge in [-0.15, -0.1) is 0 Å². The van der Waals surface area contributed by atoms with Gasteiger partial charge < -0.3 is 20.0 Å².